The van der Waals surface area contributed by atoms with E-state index in [1.54, 1.807) is 43.3 Å². The van der Waals surface area contributed by atoms with Crippen molar-refractivity contribution in [3.63, 3.8) is 0 Å². The monoisotopic (exact) mass is 302 g/mol. The topological polar surface area (TPSA) is 44.8 Å². The molecule has 0 aromatic heterocycles. The average molecular weight is 302 g/mol. The lowest BCUT2D eigenvalue weighted by molar-refractivity contribution is 0.0526. The number of hydrogen-bond acceptors (Lipinski definition) is 5. The van der Waals surface area contributed by atoms with Crippen LogP contribution in [-0.4, -0.2) is 17.8 Å². The average Bonchev–Trinajstić information content (AvgIpc) is 2.49. The Bertz CT molecular complexity index is 608. The minimum absolute atomic E-state index is 0.00918. The third-order valence-electron chi connectivity index (χ3n) is 2.51. The van der Waals surface area contributed by atoms with Gasteiger partial charge in [0.25, 0.3) is 0 Å². The van der Waals surface area contributed by atoms with Gasteiger partial charge in [-0.05, 0) is 43.3 Å². The van der Waals surface area contributed by atoms with Gasteiger partial charge in [0, 0.05) is 12.2 Å². The fourth-order valence-electron chi connectivity index (χ4n) is 1.58. The Morgan fingerprint density at radius 2 is 1.52 bits per heavy atom. The summed E-state index contributed by atoms with van der Waals surface area (Å²) >= 11 is 5.01. The van der Waals surface area contributed by atoms with Gasteiger partial charge in [0.1, 0.15) is 11.5 Å². The second-order valence-electron chi connectivity index (χ2n) is 4.01. The van der Waals surface area contributed by atoms with Gasteiger partial charge in [-0.25, -0.2) is 4.79 Å². The standard InChI is InChI=1S/C16H14O4S/c1-2-18-15(17)12-8-10-14(11-9-12)20-16(21)19-13-6-4-3-5-7-13/h3-11H,2H2,1H3. The highest BCUT2D eigenvalue weighted by molar-refractivity contribution is 7.79. The lowest BCUT2D eigenvalue weighted by atomic mass is 10.2. The molecule has 21 heavy (non-hydrogen) atoms. The van der Waals surface area contributed by atoms with Crippen LogP contribution < -0.4 is 9.47 Å². The van der Waals surface area contributed by atoms with E-state index >= 15 is 0 Å². The van der Waals surface area contributed by atoms with Crippen LogP contribution in [0, 0.1) is 0 Å². The third-order valence-corrected chi connectivity index (χ3v) is 2.68. The molecule has 0 N–H and O–H groups in total. The first-order valence-electron chi connectivity index (χ1n) is 6.41. The van der Waals surface area contributed by atoms with Crippen LogP contribution in [0.3, 0.4) is 0 Å². The van der Waals surface area contributed by atoms with Gasteiger partial charge in [0.05, 0.1) is 12.2 Å². The Morgan fingerprint density at radius 3 is 2.10 bits per heavy atom. The highest BCUT2D eigenvalue weighted by Crippen LogP contribution is 2.15. The summed E-state index contributed by atoms with van der Waals surface area (Å²) in [5, 5.41) is -0.00918. The maximum Gasteiger partial charge on any atom is 0.363 e. The maximum absolute atomic E-state index is 11.5. The van der Waals surface area contributed by atoms with Crippen molar-refractivity contribution < 1.29 is 19.0 Å². The van der Waals surface area contributed by atoms with E-state index in [-0.39, 0.29) is 11.2 Å². The fourth-order valence-corrected chi connectivity index (χ4v) is 1.77. The van der Waals surface area contributed by atoms with Crippen LogP contribution in [-0.2, 0) is 4.74 Å². The predicted molar refractivity (Wildman–Crippen MR) is 82.7 cm³/mol. The van der Waals surface area contributed by atoms with Gasteiger partial charge in [-0.3, -0.25) is 0 Å². The molecule has 0 atom stereocenters. The van der Waals surface area contributed by atoms with Gasteiger partial charge in [-0.1, -0.05) is 18.2 Å². The van der Waals surface area contributed by atoms with E-state index in [0.717, 1.165) is 0 Å². The van der Waals surface area contributed by atoms with Crippen LogP contribution in [0.5, 0.6) is 11.5 Å². The number of benzene rings is 2. The van der Waals surface area contributed by atoms with Crippen LogP contribution >= 0.6 is 12.2 Å². The lowest BCUT2D eigenvalue weighted by Crippen LogP contribution is -2.13. The molecule has 2 aromatic carbocycles. The molecule has 0 spiro atoms. The second-order valence-corrected chi connectivity index (χ2v) is 4.35. The van der Waals surface area contributed by atoms with E-state index in [0.29, 0.717) is 23.7 Å². The van der Waals surface area contributed by atoms with Crippen LogP contribution in [0.1, 0.15) is 17.3 Å². The number of hydrogen-bond donors (Lipinski definition) is 0. The summed E-state index contributed by atoms with van der Waals surface area (Å²) in [6, 6.07) is 15.6. The van der Waals surface area contributed by atoms with Gasteiger partial charge >= 0.3 is 11.2 Å². The minimum atomic E-state index is -0.368. The van der Waals surface area contributed by atoms with E-state index in [9.17, 15) is 4.79 Å². The van der Waals surface area contributed by atoms with Crippen molar-refractivity contribution in [3.8, 4) is 11.5 Å². The Kier molecular flexibility index (Phi) is 5.29. The van der Waals surface area contributed by atoms with Crippen molar-refractivity contribution in [2.75, 3.05) is 6.61 Å². The Labute approximate surface area is 128 Å². The molecule has 5 heteroatoms. The molecule has 0 aliphatic rings. The van der Waals surface area contributed by atoms with Crippen molar-refractivity contribution in [2.24, 2.45) is 0 Å². The van der Waals surface area contributed by atoms with Crippen molar-refractivity contribution in [1.29, 1.82) is 0 Å². The minimum Gasteiger partial charge on any atom is -0.462 e. The molecule has 108 valence electrons. The highest BCUT2D eigenvalue weighted by atomic mass is 32.1. The molecule has 0 heterocycles. The quantitative estimate of drug-likeness (QED) is 0.638. The van der Waals surface area contributed by atoms with Crippen molar-refractivity contribution >= 4 is 23.4 Å². The Balaban J connectivity index is 1.94. The van der Waals surface area contributed by atoms with Gasteiger partial charge in [-0.15, -0.1) is 0 Å². The number of esters is 1. The molecule has 0 unspecified atom stereocenters. The normalized spacial score (nSPS) is 9.76. The number of thiocarbonyl (C=S) groups is 1. The molecule has 2 rings (SSSR count). The van der Waals surface area contributed by atoms with Gasteiger partial charge in [-0.2, -0.15) is 0 Å². The van der Waals surface area contributed by atoms with Crippen LogP contribution in [0.15, 0.2) is 54.6 Å². The van der Waals surface area contributed by atoms with Crippen molar-refractivity contribution in [3.05, 3.63) is 60.2 Å². The van der Waals surface area contributed by atoms with Gasteiger partial charge in [0.15, 0.2) is 0 Å². The molecular formula is C16H14O4S. The maximum atomic E-state index is 11.5. The summed E-state index contributed by atoms with van der Waals surface area (Å²) in [5.74, 6) is 0.724. The number of rotatable bonds is 4. The molecule has 0 fully saturated rings. The lowest BCUT2D eigenvalue weighted by Gasteiger charge is -2.08. The molecule has 0 saturated carbocycles. The zero-order chi connectivity index (χ0) is 15.1. The largest absolute Gasteiger partial charge is 0.462 e. The molecule has 0 amide bonds. The van der Waals surface area contributed by atoms with E-state index in [4.69, 9.17) is 26.4 Å². The van der Waals surface area contributed by atoms with Crippen LogP contribution in [0.4, 0.5) is 0 Å². The van der Waals surface area contributed by atoms with Crippen molar-refractivity contribution in [1.82, 2.24) is 0 Å². The molecule has 4 nitrogen and oxygen atoms in total. The summed E-state index contributed by atoms with van der Waals surface area (Å²) in [6.45, 7) is 2.10. The summed E-state index contributed by atoms with van der Waals surface area (Å²) in [5.41, 5.74) is 0.457. The first-order valence-corrected chi connectivity index (χ1v) is 6.81. The number of carbonyl (C=O) groups is 1. The third kappa shape index (κ3) is 4.57. The predicted octanol–water partition coefficient (Wildman–Crippen LogP) is 3.61. The van der Waals surface area contributed by atoms with Crippen molar-refractivity contribution in [2.45, 2.75) is 6.92 Å². The molecule has 0 radical (unpaired) electrons. The summed E-state index contributed by atoms with van der Waals surface area (Å²) < 4.78 is 15.6. The van der Waals surface area contributed by atoms with E-state index in [1.165, 1.54) is 0 Å². The molecule has 0 aliphatic heterocycles. The highest BCUT2D eigenvalue weighted by Gasteiger charge is 2.07. The fraction of sp³-hybridized carbons (Fsp3) is 0.125. The Morgan fingerprint density at radius 1 is 0.952 bits per heavy atom. The summed E-state index contributed by atoms with van der Waals surface area (Å²) in [4.78, 5) is 11.5. The summed E-state index contributed by atoms with van der Waals surface area (Å²) in [6.07, 6.45) is 0. The van der Waals surface area contributed by atoms with Crippen LogP contribution in [0.2, 0.25) is 0 Å². The van der Waals surface area contributed by atoms with E-state index in [2.05, 4.69) is 0 Å². The zero-order valence-corrected chi connectivity index (χ0v) is 12.3. The number of ether oxygens (including phenoxy) is 3. The SMILES string of the molecule is CCOC(=O)c1ccc(OC(=S)Oc2ccccc2)cc1. The molecule has 0 bridgehead atoms. The zero-order valence-electron chi connectivity index (χ0n) is 11.4. The molecule has 0 aliphatic carbocycles. The van der Waals surface area contributed by atoms with Crippen LogP contribution in [0.25, 0.3) is 0 Å². The summed E-state index contributed by atoms with van der Waals surface area (Å²) in [7, 11) is 0. The second kappa shape index (κ2) is 7.40. The molecular weight excluding hydrogens is 288 g/mol. The number of para-hydroxylation sites is 1. The first kappa shape index (κ1) is 15.0. The number of carbonyl (C=O) groups excluding carboxylic acids is 1. The first-order chi connectivity index (χ1) is 10.2. The van der Waals surface area contributed by atoms with E-state index < -0.39 is 0 Å². The van der Waals surface area contributed by atoms with Gasteiger partial charge < -0.3 is 14.2 Å². The molecule has 2 aromatic rings. The smallest absolute Gasteiger partial charge is 0.363 e. The van der Waals surface area contributed by atoms with E-state index in [1.807, 2.05) is 18.2 Å². The van der Waals surface area contributed by atoms with Gasteiger partial charge in [0.2, 0.25) is 0 Å². The Hall–Kier alpha value is -2.40. The molecule has 0 saturated heterocycles.